The molecule has 1 aliphatic rings. The van der Waals surface area contributed by atoms with Gasteiger partial charge in [-0.2, -0.15) is 0 Å². The van der Waals surface area contributed by atoms with E-state index in [2.05, 4.69) is 22.5 Å². The molecule has 0 spiro atoms. The molecule has 252 valence electrons. The van der Waals surface area contributed by atoms with Crippen LogP contribution in [0, 0.1) is 0 Å². The second-order valence-electron chi connectivity index (χ2n) is 12.3. The first kappa shape index (κ1) is 35.5. The molecule has 9 heteroatoms. The lowest BCUT2D eigenvalue weighted by Gasteiger charge is -2.32. The van der Waals surface area contributed by atoms with Gasteiger partial charge in [-0.1, -0.05) is 61.9 Å². The summed E-state index contributed by atoms with van der Waals surface area (Å²) in [4.78, 5) is 43.7. The van der Waals surface area contributed by atoms with Gasteiger partial charge in [0.15, 0.2) is 0 Å². The minimum absolute atomic E-state index is 0.0472. The molecule has 0 radical (unpaired) electrons. The van der Waals surface area contributed by atoms with Crippen LogP contribution >= 0.6 is 0 Å². The molecule has 2 N–H and O–H groups in total. The second kappa shape index (κ2) is 18.7. The number of hydrogen-bond acceptors (Lipinski definition) is 6. The maximum atomic E-state index is 12.7. The summed E-state index contributed by atoms with van der Waals surface area (Å²) in [6.45, 7) is 6.82. The molecule has 47 heavy (non-hydrogen) atoms. The number of unbranched alkanes of at least 4 members (excludes halogenated alkanes) is 2. The summed E-state index contributed by atoms with van der Waals surface area (Å²) in [5.74, 6) is 0.225. The maximum absolute atomic E-state index is 12.7. The molecule has 1 fully saturated rings. The van der Waals surface area contributed by atoms with Gasteiger partial charge in [-0.15, -0.1) is 0 Å². The van der Waals surface area contributed by atoms with Crippen LogP contribution in [0.4, 0.5) is 16.2 Å². The van der Waals surface area contributed by atoms with E-state index in [0.717, 1.165) is 93.8 Å². The molecule has 0 aromatic heterocycles. The molecule has 4 rings (SSSR count). The van der Waals surface area contributed by atoms with Crippen LogP contribution in [0.2, 0.25) is 0 Å². The van der Waals surface area contributed by atoms with Gasteiger partial charge in [0.05, 0.1) is 5.69 Å². The van der Waals surface area contributed by atoms with E-state index in [9.17, 15) is 14.4 Å². The molecule has 3 aromatic carbocycles. The number of para-hydroxylation sites is 1. The van der Waals surface area contributed by atoms with E-state index in [1.54, 1.807) is 4.90 Å². The fourth-order valence-corrected chi connectivity index (χ4v) is 5.81. The van der Waals surface area contributed by atoms with Gasteiger partial charge < -0.3 is 24.8 Å². The number of carbonyl (C=O) groups excluding carboxylic acids is 3. The number of rotatable bonds is 16. The van der Waals surface area contributed by atoms with Crippen LogP contribution in [0.25, 0.3) is 11.1 Å². The van der Waals surface area contributed by atoms with Gasteiger partial charge >= 0.3 is 6.09 Å². The maximum Gasteiger partial charge on any atom is 0.411 e. The van der Waals surface area contributed by atoms with Crippen molar-refractivity contribution in [1.82, 2.24) is 14.7 Å². The minimum atomic E-state index is -0.425. The predicted octanol–water partition coefficient (Wildman–Crippen LogP) is 6.98. The van der Waals surface area contributed by atoms with Crippen LogP contribution in [-0.2, 0) is 9.53 Å². The standard InChI is InChI=1S/C38H51N5O4/c1-4-25-42(3)37(45)31-18-20-32(21-19-31)39-24-12-6-9-17-36(44)41(2)28-29-43-26-22-33(23-27-43)47-38(46)40-35-16-11-10-15-34(35)30-13-7-5-8-14-30/h5,7-8,10-11,13-16,18-21,33,39H,4,6,9,12,17,22-29H2,1-3H3,(H,40,46). The van der Waals surface area contributed by atoms with Crippen molar-refractivity contribution in [3.63, 3.8) is 0 Å². The Labute approximate surface area is 280 Å². The molecule has 9 nitrogen and oxygen atoms in total. The molecule has 1 heterocycles. The normalized spacial score (nSPS) is 13.5. The topological polar surface area (TPSA) is 94.2 Å². The van der Waals surface area contributed by atoms with Crippen molar-refractivity contribution >= 4 is 29.3 Å². The molecule has 3 aromatic rings. The Morgan fingerprint density at radius 1 is 0.830 bits per heavy atom. The van der Waals surface area contributed by atoms with Crippen molar-refractivity contribution in [3.05, 3.63) is 84.4 Å². The van der Waals surface area contributed by atoms with Crippen LogP contribution in [0.1, 0.15) is 62.2 Å². The summed E-state index contributed by atoms with van der Waals surface area (Å²) in [5.41, 5.74) is 4.43. The van der Waals surface area contributed by atoms with E-state index in [-0.39, 0.29) is 17.9 Å². The number of hydrogen-bond donors (Lipinski definition) is 2. The first-order valence-electron chi connectivity index (χ1n) is 17.0. The highest BCUT2D eigenvalue weighted by Gasteiger charge is 2.23. The average molecular weight is 642 g/mol. The Kier molecular flexibility index (Phi) is 14.1. The lowest BCUT2D eigenvalue weighted by atomic mass is 10.0. The van der Waals surface area contributed by atoms with Crippen molar-refractivity contribution in [3.8, 4) is 11.1 Å². The number of likely N-dealkylation sites (N-methyl/N-ethyl adjacent to an activating group) is 1. The highest BCUT2D eigenvalue weighted by molar-refractivity contribution is 5.94. The molecule has 0 unspecified atom stereocenters. The van der Waals surface area contributed by atoms with Gasteiger partial charge in [0.2, 0.25) is 5.91 Å². The number of piperidine rings is 1. The van der Waals surface area contributed by atoms with Gasteiger partial charge in [-0.3, -0.25) is 14.9 Å². The van der Waals surface area contributed by atoms with Crippen LogP contribution in [0.5, 0.6) is 0 Å². The van der Waals surface area contributed by atoms with Crippen molar-refractivity contribution in [2.45, 2.75) is 58.0 Å². The summed E-state index contributed by atoms with van der Waals surface area (Å²) in [7, 11) is 3.71. The third-order valence-electron chi connectivity index (χ3n) is 8.67. The van der Waals surface area contributed by atoms with Crippen molar-refractivity contribution < 1.29 is 19.1 Å². The number of anilines is 2. The van der Waals surface area contributed by atoms with Crippen molar-refractivity contribution in [1.29, 1.82) is 0 Å². The number of nitrogens with one attached hydrogen (secondary N) is 2. The highest BCUT2D eigenvalue weighted by atomic mass is 16.6. The first-order valence-corrected chi connectivity index (χ1v) is 17.0. The molecule has 0 aliphatic carbocycles. The van der Waals surface area contributed by atoms with Gasteiger partial charge in [0, 0.05) is 76.6 Å². The second-order valence-corrected chi connectivity index (χ2v) is 12.3. The van der Waals surface area contributed by atoms with E-state index in [4.69, 9.17) is 4.74 Å². The fourth-order valence-electron chi connectivity index (χ4n) is 5.81. The zero-order chi connectivity index (χ0) is 33.4. The van der Waals surface area contributed by atoms with E-state index in [1.165, 1.54) is 0 Å². The number of benzene rings is 3. The summed E-state index contributed by atoms with van der Waals surface area (Å²) in [6, 6.07) is 25.4. The molecule has 0 atom stereocenters. The van der Waals surface area contributed by atoms with E-state index in [0.29, 0.717) is 18.5 Å². The molecule has 0 saturated carbocycles. The Bertz CT molecular complexity index is 1410. The number of ether oxygens (including phenoxy) is 1. The third-order valence-corrected chi connectivity index (χ3v) is 8.67. The summed E-state index contributed by atoms with van der Waals surface area (Å²) in [6.07, 6.45) is 5.32. The number of amides is 3. The first-order chi connectivity index (χ1) is 22.8. The SMILES string of the molecule is CCCN(C)C(=O)c1ccc(NCCCCCC(=O)N(C)CCN2CCC(OC(=O)Nc3ccccc3-c3ccccc3)CC2)cc1. The Morgan fingerprint density at radius 3 is 2.26 bits per heavy atom. The molecule has 0 bridgehead atoms. The summed E-state index contributed by atoms with van der Waals surface area (Å²) < 4.78 is 5.76. The molecule has 3 amide bonds. The van der Waals surface area contributed by atoms with E-state index in [1.807, 2.05) is 97.9 Å². The quantitative estimate of drug-likeness (QED) is 0.164. The minimum Gasteiger partial charge on any atom is -0.446 e. The van der Waals surface area contributed by atoms with Gasteiger partial charge in [0.25, 0.3) is 5.91 Å². The van der Waals surface area contributed by atoms with Gasteiger partial charge in [-0.25, -0.2) is 4.79 Å². The molecular formula is C38H51N5O4. The zero-order valence-corrected chi connectivity index (χ0v) is 28.2. The van der Waals surface area contributed by atoms with Crippen LogP contribution in [-0.4, -0.2) is 92.1 Å². The van der Waals surface area contributed by atoms with Crippen molar-refractivity contribution in [2.75, 3.05) is 64.0 Å². The Hall–Kier alpha value is -4.37. The number of carbonyl (C=O) groups is 3. The number of nitrogens with zero attached hydrogens (tertiary/aromatic N) is 3. The van der Waals surface area contributed by atoms with Gasteiger partial charge in [-0.05, 0) is 68.0 Å². The van der Waals surface area contributed by atoms with Crippen LogP contribution < -0.4 is 10.6 Å². The number of likely N-dealkylation sites (tertiary alicyclic amines) is 1. The smallest absolute Gasteiger partial charge is 0.411 e. The van der Waals surface area contributed by atoms with Crippen molar-refractivity contribution in [2.24, 2.45) is 0 Å². The predicted molar refractivity (Wildman–Crippen MR) is 190 cm³/mol. The van der Waals surface area contributed by atoms with E-state index < -0.39 is 6.09 Å². The van der Waals surface area contributed by atoms with Gasteiger partial charge in [0.1, 0.15) is 6.10 Å². The monoisotopic (exact) mass is 641 g/mol. The largest absolute Gasteiger partial charge is 0.446 e. The average Bonchev–Trinajstić information content (AvgIpc) is 3.09. The Balaban J connectivity index is 1.05. The highest BCUT2D eigenvalue weighted by Crippen LogP contribution is 2.28. The lowest BCUT2D eigenvalue weighted by molar-refractivity contribution is -0.130. The Morgan fingerprint density at radius 2 is 1.53 bits per heavy atom. The fraction of sp³-hybridized carbons (Fsp3) is 0.447. The molecule has 1 saturated heterocycles. The van der Waals surface area contributed by atoms with Crippen LogP contribution in [0.3, 0.4) is 0 Å². The summed E-state index contributed by atoms with van der Waals surface area (Å²) in [5, 5.41) is 6.34. The third kappa shape index (κ3) is 11.4. The molecular weight excluding hydrogens is 590 g/mol. The van der Waals surface area contributed by atoms with Crippen LogP contribution in [0.15, 0.2) is 78.9 Å². The summed E-state index contributed by atoms with van der Waals surface area (Å²) >= 11 is 0. The zero-order valence-electron chi connectivity index (χ0n) is 28.2. The molecule has 1 aliphatic heterocycles. The van der Waals surface area contributed by atoms with E-state index >= 15 is 0 Å². The lowest BCUT2D eigenvalue weighted by Crippen LogP contribution is -2.42.